The number of carbonyl (C=O) groups excluding carboxylic acids is 1. The van der Waals surface area contributed by atoms with E-state index in [0.29, 0.717) is 21.8 Å². The normalized spacial score (nSPS) is 15.9. The molecule has 0 saturated heterocycles. The molecule has 1 aromatic heterocycles. The number of hydrogen-bond acceptors (Lipinski definition) is 4. The van der Waals surface area contributed by atoms with Crippen molar-refractivity contribution < 1.29 is 4.79 Å². The van der Waals surface area contributed by atoms with Crippen LogP contribution in [0.25, 0.3) is 11.4 Å². The standard InChI is InChI=1S/C21H21ClN4OS/c1-26-20(16-10-4-5-11-17(16)22)24-25-21(26)28-13-19(27)23-18-12-6-8-14-7-2-3-9-15(14)18/h2-5,7,9-11,18H,6,8,12-13H2,1H3,(H,23,27)/t18-/m1/s1. The fraction of sp³-hybridized carbons (Fsp3) is 0.286. The Labute approximate surface area is 173 Å². The molecule has 0 fully saturated rings. The molecule has 1 aliphatic rings. The van der Waals surface area contributed by atoms with E-state index in [0.717, 1.165) is 24.8 Å². The van der Waals surface area contributed by atoms with Crippen LogP contribution < -0.4 is 5.32 Å². The summed E-state index contributed by atoms with van der Waals surface area (Å²) >= 11 is 7.65. The van der Waals surface area contributed by atoms with Crippen molar-refractivity contribution in [2.45, 2.75) is 30.5 Å². The van der Waals surface area contributed by atoms with Gasteiger partial charge in [-0.05, 0) is 42.5 Å². The number of carbonyl (C=O) groups is 1. The largest absolute Gasteiger partial charge is 0.349 e. The number of aryl methyl sites for hydroxylation is 1. The Kier molecular flexibility index (Phi) is 5.69. The maximum Gasteiger partial charge on any atom is 0.230 e. The van der Waals surface area contributed by atoms with E-state index >= 15 is 0 Å². The Bertz CT molecular complexity index is 1000. The molecule has 0 unspecified atom stereocenters. The Morgan fingerprint density at radius 1 is 1.21 bits per heavy atom. The average Bonchev–Trinajstić information content (AvgIpc) is 3.07. The van der Waals surface area contributed by atoms with Crippen molar-refractivity contribution in [3.8, 4) is 11.4 Å². The second-order valence-electron chi connectivity index (χ2n) is 6.84. The maximum atomic E-state index is 12.5. The number of thioether (sulfide) groups is 1. The fourth-order valence-corrected chi connectivity index (χ4v) is 4.53. The lowest BCUT2D eigenvalue weighted by Gasteiger charge is -2.26. The van der Waals surface area contributed by atoms with Crippen LogP contribution >= 0.6 is 23.4 Å². The van der Waals surface area contributed by atoms with E-state index in [1.54, 1.807) is 0 Å². The quantitative estimate of drug-likeness (QED) is 0.630. The Balaban J connectivity index is 1.41. The Morgan fingerprint density at radius 3 is 2.86 bits per heavy atom. The third-order valence-electron chi connectivity index (χ3n) is 4.99. The maximum absolute atomic E-state index is 12.5. The smallest absolute Gasteiger partial charge is 0.230 e. The van der Waals surface area contributed by atoms with Crippen LogP contribution in [0, 0.1) is 0 Å². The van der Waals surface area contributed by atoms with Crippen molar-refractivity contribution >= 4 is 29.3 Å². The van der Waals surface area contributed by atoms with Crippen molar-refractivity contribution in [1.29, 1.82) is 0 Å². The van der Waals surface area contributed by atoms with Gasteiger partial charge in [0.25, 0.3) is 0 Å². The van der Waals surface area contributed by atoms with Gasteiger partial charge in [-0.15, -0.1) is 10.2 Å². The zero-order chi connectivity index (χ0) is 19.5. The highest BCUT2D eigenvalue weighted by atomic mass is 35.5. The fourth-order valence-electron chi connectivity index (χ4n) is 3.59. The van der Waals surface area contributed by atoms with Gasteiger partial charge < -0.3 is 9.88 Å². The third-order valence-corrected chi connectivity index (χ3v) is 6.34. The van der Waals surface area contributed by atoms with Crippen LogP contribution in [-0.2, 0) is 18.3 Å². The van der Waals surface area contributed by atoms with E-state index in [9.17, 15) is 4.79 Å². The van der Waals surface area contributed by atoms with Crippen molar-refractivity contribution in [2.24, 2.45) is 7.05 Å². The highest BCUT2D eigenvalue weighted by molar-refractivity contribution is 7.99. The summed E-state index contributed by atoms with van der Waals surface area (Å²) in [5, 5.41) is 13.0. The summed E-state index contributed by atoms with van der Waals surface area (Å²) in [6.45, 7) is 0. The lowest BCUT2D eigenvalue weighted by atomic mass is 9.88. The molecule has 2 aromatic carbocycles. The topological polar surface area (TPSA) is 59.8 Å². The number of rotatable bonds is 5. The number of nitrogens with zero attached hydrogens (tertiary/aromatic N) is 3. The van der Waals surface area contributed by atoms with Gasteiger partial charge in [0.05, 0.1) is 16.8 Å². The molecule has 0 saturated carbocycles. The van der Waals surface area contributed by atoms with Gasteiger partial charge in [-0.1, -0.05) is 59.8 Å². The molecule has 1 heterocycles. The minimum atomic E-state index is 0.00833. The van der Waals surface area contributed by atoms with Crippen LogP contribution in [-0.4, -0.2) is 26.4 Å². The summed E-state index contributed by atoms with van der Waals surface area (Å²) in [5.74, 6) is 0.997. The molecule has 0 aliphatic heterocycles. The van der Waals surface area contributed by atoms with Crippen LogP contribution in [0.1, 0.15) is 30.0 Å². The third kappa shape index (κ3) is 3.93. The van der Waals surface area contributed by atoms with E-state index in [4.69, 9.17) is 11.6 Å². The predicted molar refractivity (Wildman–Crippen MR) is 112 cm³/mol. The summed E-state index contributed by atoms with van der Waals surface area (Å²) in [7, 11) is 1.89. The van der Waals surface area contributed by atoms with Gasteiger partial charge in [0, 0.05) is 12.6 Å². The highest BCUT2D eigenvalue weighted by Gasteiger charge is 2.22. The second-order valence-corrected chi connectivity index (χ2v) is 8.19. The van der Waals surface area contributed by atoms with Crippen LogP contribution in [0.5, 0.6) is 0 Å². The lowest BCUT2D eigenvalue weighted by Crippen LogP contribution is -2.32. The van der Waals surface area contributed by atoms with Crippen LogP contribution in [0.2, 0.25) is 5.02 Å². The van der Waals surface area contributed by atoms with E-state index in [1.807, 2.05) is 41.9 Å². The number of nitrogens with one attached hydrogen (secondary N) is 1. The molecular formula is C21H21ClN4OS. The molecule has 4 rings (SSSR count). The zero-order valence-corrected chi connectivity index (χ0v) is 17.1. The van der Waals surface area contributed by atoms with Crippen molar-refractivity contribution in [3.05, 3.63) is 64.7 Å². The highest BCUT2D eigenvalue weighted by Crippen LogP contribution is 2.30. The Hall–Kier alpha value is -2.31. The minimum absolute atomic E-state index is 0.00833. The predicted octanol–water partition coefficient (Wildman–Crippen LogP) is 4.42. The van der Waals surface area contributed by atoms with Gasteiger partial charge in [0.1, 0.15) is 0 Å². The molecule has 5 nitrogen and oxygen atoms in total. The molecule has 1 N–H and O–H groups in total. The van der Waals surface area contributed by atoms with Gasteiger partial charge in [-0.3, -0.25) is 4.79 Å². The Morgan fingerprint density at radius 2 is 2.00 bits per heavy atom. The first-order valence-electron chi connectivity index (χ1n) is 9.27. The van der Waals surface area contributed by atoms with Crippen LogP contribution in [0.4, 0.5) is 0 Å². The minimum Gasteiger partial charge on any atom is -0.349 e. The molecule has 1 atom stereocenters. The van der Waals surface area contributed by atoms with E-state index in [-0.39, 0.29) is 11.9 Å². The second kappa shape index (κ2) is 8.37. The molecule has 144 valence electrons. The molecule has 7 heteroatoms. The molecule has 3 aromatic rings. The molecule has 0 bridgehead atoms. The van der Waals surface area contributed by atoms with Gasteiger partial charge in [-0.2, -0.15) is 0 Å². The molecule has 1 amide bonds. The number of fused-ring (bicyclic) bond motifs is 1. The average molecular weight is 413 g/mol. The number of hydrogen-bond donors (Lipinski definition) is 1. The lowest BCUT2D eigenvalue weighted by molar-refractivity contribution is -0.119. The first-order valence-corrected chi connectivity index (χ1v) is 10.6. The zero-order valence-electron chi connectivity index (χ0n) is 15.6. The van der Waals surface area contributed by atoms with Crippen molar-refractivity contribution in [1.82, 2.24) is 20.1 Å². The van der Waals surface area contributed by atoms with Crippen molar-refractivity contribution in [3.63, 3.8) is 0 Å². The number of aromatic nitrogens is 3. The summed E-state index contributed by atoms with van der Waals surface area (Å²) < 4.78 is 1.87. The SMILES string of the molecule is Cn1c(SCC(=O)N[C@@H]2CCCc3ccccc32)nnc1-c1ccccc1Cl. The van der Waals surface area contributed by atoms with Gasteiger partial charge in [0.2, 0.25) is 5.91 Å². The number of benzene rings is 2. The summed E-state index contributed by atoms with van der Waals surface area (Å²) in [6.07, 6.45) is 3.16. The van der Waals surface area contributed by atoms with Gasteiger partial charge >= 0.3 is 0 Å². The van der Waals surface area contributed by atoms with Crippen molar-refractivity contribution in [2.75, 3.05) is 5.75 Å². The molecule has 28 heavy (non-hydrogen) atoms. The first-order chi connectivity index (χ1) is 13.6. The van der Waals surface area contributed by atoms with E-state index in [2.05, 4.69) is 33.7 Å². The van der Waals surface area contributed by atoms with Crippen LogP contribution in [0.15, 0.2) is 53.7 Å². The summed E-state index contributed by atoms with van der Waals surface area (Å²) in [4.78, 5) is 12.5. The van der Waals surface area contributed by atoms with E-state index < -0.39 is 0 Å². The molecular weight excluding hydrogens is 392 g/mol. The summed E-state index contributed by atoms with van der Waals surface area (Å²) in [6, 6.07) is 16.0. The van der Waals surface area contributed by atoms with E-state index in [1.165, 1.54) is 22.9 Å². The molecule has 0 spiro atoms. The molecule has 0 radical (unpaired) electrons. The first kappa shape index (κ1) is 19.0. The monoisotopic (exact) mass is 412 g/mol. The number of amides is 1. The molecule has 1 aliphatic carbocycles. The number of halogens is 1. The van der Waals surface area contributed by atoms with Gasteiger partial charge in [0.15, 0.2) is 11.0 Å². The summed E-state index contributed by atoms with van der Waals surface area (Å²) in [5.41, 5.74) is 3.41. The van der Waals surface area contributed by atoms with Gasteiger partial charge in [-0.25, -0.2) is 0 Å². The van der Waals surface area contributed by atoms with Crippen LogP contribution in [0.3, 0.4) is 0 Å².